The van der Waals surface area contributed by atoms with Crippen molar-refractivity contribution in [3.8, 4) is 0 Å². The molecule has 0 aliphatic carbocycles. The number of methoxy groups -OCH3 is 1. The van der Waals surface area contributed by atoms with Crippen LogP contribution in [0.4, 0.5) is 0 Å². The Morgan fingerprint density at radius 3 is 2.76 bits per heavy atom. The number of carbonyl (C=O) groups is 2. The molecule has 0 aliphatic rings. The van der Waals surface area contributed by atoms with Gasteiger partial charge in [-0.2, -0.15) is 0 Å². The van der Waals surface area contributed by atoms with Gasteiger partial charge in [0, 0.05) is 18.3 Å². The van der Waals surface area contributed by atoms with E-state index in [-0.39, 0.29) is 11.9 Å². The first-order chi connectivity index (χ1) is 8.13. The molecule has 0 saturated carbocycles. The van der Waals surface area contributed by atoms with Crippen molar-refractivity contribution in [2.45, 2.75) is 26.2 Å². The summed E-state index contributed by atoms with van der Waals surface area (Å²) >= 11 is 1.47. The number of amides is 1. The zero-order chi connectivity index (χ0) is 12.7. The summed E-state index contributed by atoms with van der Waals surface area (Å²) in [6.07, 6.45) is 2.88. The molecule has 0 fully saturated rings. The smallest absolute Gasteiger partial charge is 0.348 e. The van der Waals surface area contributed by atoms with Gasteiger partial charge in [0.05, 0.1) is 7.11 Å². The molecule has 0 aliphatic heterocycles. The first-order valence-corrected chi connectivity index (χ1v) is 6.36. The van der Waals surface area contributed by atoms with Crippen LogP contribution in [0.5, 0.6) is 0 Å². The Balaban J connectivity index is 2.25. The first kappa shape index (κ1) is 13.7. The number of ether oxygens (including phenoxy) is 1. The van der Waals surface area contributed by atoms with Crippen molar-refractivity contribution >= 4 is 23.2 Å². The SMILES string of the molecule is COC(=O)c1ccc(CCCCNC(C)=O)s1. The van der Waals surface area contributed by atoms with E-state index in [1.54, 1.807) is 6.07 Å². The van der Waals surface area contributed by atoms with Gasteiger partial charge in [-0.3, -0.25) is 4.79 Å². The van der Waals surface area contributed by atoms with Crippen LogP contribution in [0.2, 0.25) is 0 Å². The third-order valence-electron chi connectivity index (χ3n) is 2.27. The molecule has 0 spiro atoms. The highest BCUT2D eigenvalue weighted by Gasteiger charge is 2.08. The standard InChI is InChI=1S/C12H17NO3S/c1-9(14)13-8-4-3-5-10-6-7-11(17-10)12(15)16-2/h6-7H,3-5,8H2,1-2H3,(H,13,14). The maximum Gasteiger partial charge on any atom is 0.348 e. The lowest BCUT2D eigenvalue weighted by atomic mass is 10.2. The second-order valence-electron chi connectivity index (χ2n) is 3.70. The molecular formula is C12H17NO3S. The normalized spacial score (nSPS) is 10.0. The van der Waals surface area contributed by atoms with Crippen molar-refractivity contribution in [1.82, 2.24) is 5.32 Å². The number of unbranched alkanes of at least 4 members (excludes halogenated alkanes) is 1. The van der Waals surface area contributed by atoms with Crippen LogP contribution in [0.15, 0.2) is 12.1 Å². The van der Waals surface area contributed by atoms with Gasteiger partial charge in [0.1, 0.15) is 4.88 Å². The Bertz CT molecular complexity index is 387. The number of nitrogens with one attached hydrogen (secondary N) is 1. The number of esters is 1. The largest absolute Gasteiger partial charge is 0.465 e. The molecule has 94 valence electrons. The van der Waals surface area contributed by atoms with Crippen LogP contribution in [0.3, 0.4) is 0 Å². The highest BCUT2D eigenvalue weighted by Crippen LogP contribution is 2.19. The highest BCUT2D eigenvalue weighted by molar-refractivity contribution is 7.13. The average Bonchev–Trinajstić information content (AvgIpc) is 2.76. The minimum Gasteiger partial charge on any atom is -0.465 e. The van der Waals surface area contributed by atoms with E-state index in [0.717, 1.165) is 19.3 Å². The maximum absolute atomic E-state index is 11.2. The second-order valence-corrected chi connectivity index (χ2v) is 4.87. The number of aryl methyl sites for hydroxylation is 1. The van der Waals surface area contributed by atoms with E-state index in [2.05, 4.69) is 10.1 Å². The topological polar surface area (TPSA) is 55.4 Å². The summed E-state index contributed by atoms with van der Waals surface area (Å²) < 4.78 is 4.64. The Hall–Kier alpha value is -1.36. The van der Waals surface area contributed by atoms with Crippen LogP contribution in [0.25, 0.3) is 0 Å². The van der Waals surface area contributed by atoms with E-state index in [9.17, 15) is 9.59 Å². The van der Waals surface area contributed by atoms with Crippen molar-refractivity contribution in [3.05, 3.63) is 21.9 Å². The van der Waals surface area contributed by atoms with Crippen molar-refractivity contribution in [1.29, 1.82) is 0 Å². The van der Waals surface area contributed by atoms with Crippen LogP contribution in [0.1, 0.15) is 34.3 Å². The van der Waals surface area contributed by atoms with Crippen LogP contribution in [-0.2, 0) is 16.0 Å². The number of hydrogen-bond acceptors (Lipinski definition) is 4. The number of thiophene rings is 1. The Kier molecular flexibility index (Phi) is 5.69. The molecule has 0 unspecified atom stereocenters. The molecule has 0 radical (unpaired) electrons. The summed E-state index contributed by atoms with van der Waals surface area (Å²) in [5.41, 5.74) is 0. The quantitative estimate of drug-likeness (QED) is 0.625. The summed E-state index contributed by atoms with van der Waals surface area (Å²) in [5.74, 6) is -0.270. The zero-order valence-corrected chi connectivity index (χ0v) is 10.9. The van der Waals surface area contributed by atoms with Gasteiger partial charge in [-0.25, -0.2) is 4.79 Å². The number of rotatable bonds is 6. The van der Waals surface area contributed by atoms with E-state index >= 15 is 0 Å². The molecule has 0 bridgehead atoms. The molecule has 1 rings (SSSR count). The molecule has 0 atom stereocenters. The molecule has 0 aromatic carbocycles. The highest BCUT2D eigenvalue weighted by atomic mass is 32.1. The molecule has 1 aromatic rings. The van der Waals surface area contributed by atoms with Gasteiger partial charge >= 0.3 is 5.97 Å². The number of hydrogen-bond donors (Lipinski definition) is 1. The predicted molar refractivity (Wildman–Crippen MR) is 67.3 cm³/mol. The van der Waals surface area contributed by atoms with E-state index in [1.165, 1.54) is 30.2 Å². The second kappa shape index (κ2) is 7.06. The minimum absolute atomic E-state index is 0.00843. The molecule has 1 aromatic heterocycles. The molecule has 5 heteroatoms. The molecular weight excluding hydrogens is 238 g/mol. The first-order valence-electron chi connectivity index (χ1n) is 5.55. The molecule has 1 amide bonds. The summed E-state index contributed by atoms with van der Waals surface area (Å²) in [6.45, 7) is 2.23. The van der Waals surface area contributed by atoms with Gasteiger partial charge < -0.3 is 10.1 Å². The van der Waals surface area contributed by atoms with Crippen molar-refractivity contribution in [2.24, 2.45) is 0 Å². The van der Waals surface area contributed by atoms with E-state index in [0.29, 0.717) is 11.4 Å². The van der Waals surface area contributed by atoms with Crippen molar-refractivity contribution < 1.29 is 14.3 Å². The zero-order valence-electron chi connectivity index (χ0n) is 10.1. The van der Waals surface area contributed by atoms with E-state index in [1.807, 2.05) is 6.07 Å². The molecule has 1 N–H and O–H groups in total. The lowest BCUT2D eigenvalue weighted by molar-refractivity contribution is -0.118. The minimum atomic E-state index is -0.278. The summed E-state index contributed by atoms with van der Waals surface area (Å²) in [5, 5.41) is 2.75. The van der Waals surface area contributed by atoms with Crippen molar-refractivity contribution in [2.75, 3.05) is 13.7 Å². The predicted octanol–water partition coefficient (Wildman–Crippen LogP) is 1.99. The Morgan fingerprint density at radius 1 is 1.35 bits per heavy atom. The Morgan fingerprint density at radius 2 is 2.12 bits per heavy atom. The van der Waals surface area contributed by atoms with Gasteiger partial charge in [0.2, 0.25) is 5.91 Å². The monoisotopic (exact) mass is 255 g/mol. The average molecular weight is 255 g/mol. The van der Waals surface area contributed by atoms with Gasteiger partial charge in [0.25, 0.3) is 0 Å². The summed E-state index contributed by atoms with van der Waals surface area (Å²) in [4.78, 5) is 23.7. The summed E-state index contributed by atoms with van der Waals surface area (Å²) in [7, 11) is 1.38. The van der Waals surface area contributed by atoms with Crippen LogP contribution in [0, 0.1) is 0 Å². The number of carbonyl (C=O) groups excluding carboxylic acids is 2. The third kappa shape index (κ3) is 4.99. The lowest BCUT2D eigenvalue weighted by Crippen LogP contribution is -2.20. The fourth-order valence-electron chi connectivity index (χ4n) is 1.41. The van der Waals surface area contributed by atoms with E-state index < -0.39 is 0 Å². The van der Waals surface area contributed by atoms with Gasteiger partial charge in [-0.1, -0.05) is 0 Å². The lowest BCUT2D eigenvalue weighted by Gasteiger charge is -2.00. The fourth-order valence-corrected chi connectivity index (χ4v) is 2.38. The fraction of sp³-hybridized carbons (Fsp3) is 0.500. The third-order valence-corrected chi connectivity index (χ3v) is 3.40. The van der Waals surface area contributed by atoms with Gasteiger partial charge in [0.15, 0.2) is 0 Å². The summed E-state index contributed by atoms with van der Waals surface area (Å²) in [6, 6.07) is 3.75. The molecule has 0 saturated heterocycles. The van der Waals surface area contributed by atoms with Crippen molar-refractivity contribution in [3.63, 3.8) is 0 Å². The van der Waals surface area contributed by atoms with Gasteiger partial charge in [-0.15, -0.1) is 11.3 Å². The van der Waals surface area contributed by atoms with Gasteiger partial charge in [-0.05, 0) is 31.4 Å². The van der Waals surface area contributed by atoms with Crippen LogP contribution >= 0.6 is 11.3 Å². The molecule has 1 heterocycles. The van der Waals surface area contributed by atoms with Crippen LogP contribution < -0.4 is 5.32 Å². The Labute approximate surface area is 105 Å². The van der Waals surface area contributed by atoms with Crippen LogP contribution in [-0.4, -0.2) is 25.5 Å². The maximum atomic E-state index is 11.2. The molecule has 4 nitrogen and oxygen atoms in total. The molecule has 17 heavy (non-hydrogen) atoms. The van der Waals surface area contributed by atoms with E-state index in [4.69, 9.17) is 0 Å².